The van der Waals surface area contributed by atoms with Gasteiger partial charge in [0.05, 0.1) is 11.6 Å². The van der Waals surface area contributed by atoms with E-state index in [0.717, 1.165) is 40.3 Å². The Hall–Kier alpha value is -4.57. The van der Waals surface area contributed by atoms with Gasteiger partial charge in [0.1, 0.15) is 22.5 Å². The normalized spacial score (nSPS) is 19.7. The predicted molar refractivity (Wildman–Crippen MR) is 184 cm³/mol. The monoisotopic (exact) mass is 653 g/mol. The number of ether oxygens (including phenoxy) is 3. The predicted octanol–water partition coefficient (Wildman–Crippen LogP) is 6.88. The number of likely N-dealkylation sites (tertiary alicyclic amines) is 1. The fraction of sp³-hybridized carbons (Fsp3) is 0.447. The highest BCUT2D eigenvalue weighted by Gasteiger charge is 2.45. The van der Waals surface area contributed by atoms with Crippen molar-refractivity contribution in [2.75, 3.05) is 49.8 Å². The minimum atomic E-state index is -0.662. The summed E-state index contributed by atoms with van der Waals surface area (Å²) in [5.41, 5.74) is 3.25. The van der Waals surface area contributed by atoms with Gasteiger partial charge in [-0.3, -0.25) is 9.59 Å². The van der Waals surface area contributed by atoms with E-state index in [9.17, 15) is 9.59 Å². The largest absolute Gasteiger partial charge is 0.482 e. The van der Waals surface area contributed by atoms with E-state index in [1.165, 1.54) is 0 Å². The minimum Gasteiger partial charge on any atom is -0.482 e. The number of fused-ring (bicyclic) bond motifs is 4. The molecule has 2 aliphatic heterocycles. The van der Waals surface area contributed by atoms with Crippen molar-refractivity contribution >= 4 is 51.2 Å². The van der Waals surface area contributed by atoms with Gasteiger partial charge in [0.25, 0.3) is 5.91 Å². The Morgan fingerprint density at radius 1 is 1.00 bits per heavy atom. The van der Waals surface area contributed by atoms with Crippen LogP contribution in [-0.2, 0) is 19.1 Å². The quantitative estimate of drug-likeness (QED) is 0.191. The molecule has 7 rings (SSSR count). The molecule has 2 atom stereocenters. The van der Waals surface area contributed by atoms with Crippen LogP contribution in [0.3, 0.4) is 0 Å². The Morgan fingerprint density at radius 3 is 2.56 bits per heavy atom. The second-order valence-corrected chi connectivity index (χ2v) is 14.0. The first-order valence-electron chi connectivity index (χ1n) is 16.9. The molecule has 1 saturated heterocycles. The number of furan rings is 1. The zero-order chi connectivity index (χ0) is 33.6. The maximum absolute atomic E-state index is 15.0. The van der Waals surface area contributed by atoms with E-state index in [1.807, 2.05) is 68.1 Å². The molecule has 0 bridgehead atoms. The van der Waals surface area contributed by atoms with Crippen molar-refractivity contribution in [3.05, 3.63) is 66.2 Å². The number of hydrogen-bond acceptors (Lipinski definition) is 7. The van der Waals surface area contributed by atoms with Crippen molar-refractivity contribution in [1.29, 1.82) is 0 Å². The molecular formula is C38H43N3O7. The van der Waals surface area contributed by atoms with Crippen molar-refractivity contribution in [2.45, 2.75) is 64.0 Å². The number of hydrogen-bond donors (Lipinski definition) is 0. The molecule has 3 heterocycles. The van der Waals surface area contributed by atoms with Gasteiger partial charge in [-0.05, 0) is 76.3 Å². The number of carbonyl (C=O) groups is 3. The van der Waals surface area contributed by atoms with Crippen LogP contribution in [0.1, 0.15) is 57.9 Å². The fourth-order valence-corrected chi connectivity index (χ4v) is 7.11. The van der Waals surface area contributed by atoms with Crippen LogP contribution in [0.5, 0.6) is 5.75 Å². The average Bonchev–Trinajstić information content (AvgIpc) is 3.83. The van der Waals surface area contributed by atoms with Gasteiger partial charge in [-0.2, -0.15) is 0 Å². The summed E-state index contributed by atoms with van der Waals surface area (Å²) in [6, 6.07) is 19.8. The molecule has 0 unspecified atom stereocenters. The molecule has 3 aromatic carbocycles. The van der Waals surface area contributed by atoms with E-state index in [4.69, 9.17) is 18.6 Å². The molecule has 3 amide bonds. The third-order valence-electron chi connectivity index (χ3n) is 9.46. The van der Waals surface area contributed by atoms with Gasteiger partial charge in [-0.1, -0.05) is 36.4 Å². The Balaban J connectivity index is 1.27. The first-order valence-corrected chi connectivity index (χ1v) is 16.9. The summed E-state index contributed by atoms with van der Waals surface area (Å²) in [5, 5.41) is 2.04. The van der Waals surface area contributed by atoms with Crippen LogP contribution in [0.4, 0.5) is 16.2 Å². The second kappa shape index (κ2) is 12.8. The van der Waals surface area contributed by atoms with Gasteiger partial charge in [-0.15, -0.1) is 0 Å². The summed E-state index contributed by atoms with van der Waals surface area (Å²) in [7, 11) is 1.64. The van der Waals surface area contributed by atoms with Gasteiger partial charge >= 0.3 is 6.09 Å². The Morgan fingerprint density at radius 2 is 1.79 bits per heavy atom. The highest BCUT2D eigenvalue weighted by atomic mass is 16.6. The molecule has 10 nitrogen and oxygen atoms in total. The molecule has 1 saturated carbocycles. The third-order valence-corrected chi connectivity index (χ3v) is 9.46. The van der Waals surface area contributed by atoms with Crippen molar-refractivity contribution in [3.63, 3.8) is 0 Å². The Labute approximate surface area is 280 Å². The number of anilines is 2. The van der Waals surface area contributed by atoms with Crippen LogP contribution < -0.4 is 14.5 Å². The first kappa shape index (κ1) is 32.0. The number of nitrogens with zero attached hydrogens (tertiary/aromatic N) is 3. The summed E-state index contributed by atoms with van der Waals surface area (Å²) < 4.78 is 23.2. The topological polar surface area (TPSA) is 102 Å². The van der Waals surface area contributed by atoms with Gasteiger partial charge in [-0.25, -0.2) is 4.79 Å². The van der Waals surface area contributed by atoms with E-state index in [2.05, 4.69) is 18.2 Å². The van der Waals surface area contributed by atoms with E-state index in [1.54, 1.807) is 16.9 Å². The maximum atomic E-state index is 15.0. The van der Waals surface area contributed by atoms with Crippen molar-refractivity contribution in [3.8, 4) is 5.75 Å². The first-order chi connectivity index (χ1) is 23.1. The molecule has 0 N–H and O–H groups in total. The van der Waals surface area contributed by atoms with E-state index in [-0.39, 0.29) is 36.9 Å². The molecule has 10 heteroatoms. The van der Waals surface area contributed by atoms with Gasteiger partial charge in [0, 0.05) is 61.8 Å². The highest BCUT2D eigenvalue weighted by Crippen LogP contribution is 2.44. The standard InChI is InChI=1S/C38H43N3O7/c1-38(2,3)48-37(44)39-19-17-26(28-10-7-11-29-27-9-5-6-12-32(27)47-35(28)29)30(22-39)36(43)41(24-13-14-24)25-15-16-33-31(21-25)40(18-8-20-45-4)34(42)23-46-33/h5-7,9-12,15-16,21,24,26,30H,8,13-14,17-20,22-23H2,1-4H3/t26-,30+/m1/s1. The van der Waals surface area contributed by atoms with E-state index < -0.39 is 17.6 Å². The summed E-state index contributed by atoms with van der Waals surface area (Å²) >= 11 is 0. The molecule has 3 aliphatic rings. The second-order valence-electron chi connectivity index (χ2n) is 14.0. The van der Waals surface area contributed by atoms with Gasteiger partial charge in [0.2, 0.25) is 5.91 Å². The fourth-order valence-electron chi connectivity index (χ4n) is 7.11. The van der Waals surface area contributed by atoms with Gasteiger partial charge in [0.15, 0.2) is 6.61 Å². The van der Waals surface area contributed by atoms with Crippen LogP contribution in [0.15, 0.2) is 65.1 Å². The lowest BCUT2D eigenvalue weighted by Gasteiger charge is -2.40. The Kier molecular flexibility index (Phi) is 8.53. The van der Waals surface area contributed by atoms with Crippen molar-refractivity contribution < 1.29 is 33.0 Å². The number of carbonyl (C=O) groups excluding carboxylic acids is 3. The van der Waals surface area contributed by atoms with Crippen molar-refractivity contribution in [1.82, 2.24) is 4.90 Å². The number of methoxy groups -OCH3 is 1. The lowest BCUT2D eigenvalue weighted by Crippen LogP contribution is -2.51. The number of rotatable bonds is 8. The molecule has 2 fully saturated rings. The molecule has 252 valence electrons. The van der Waals surface area contributed by atoms with Crippen molar-refractivity contribution in [2.24, 2.45) is 5.92 Å². The number of para-hydroxylation sites is 2. The lowest BCUT2D eigenvalue weighted by molar-refractivity contribution is -0.124. The summed E-state index contributed by atoms with van der Waals surface area (Å²) in [4.78, 5) is 46.7. The zero-order valence-corrected chi connectivity index (χ0v) is 28.1. The minimum absolute atomic E-state index is 0.0252. The zero-order valence-electron chi connectivity index (χ0n) is 28.1. The molecule has 0 spiro atoms. The SMILES string of the molecule is COCCCN1C(=O)COc2ccc(N(C(=O)[C@H]3CN(C(=O)OC(C)(C)C)CC[C@@H]3c3cccc4c3oc3ccccc34)C3CC3)cc21. The molecule has 4 aromatic rings. The third kappa shape index (κ3) is 6.21. The highest BCUT2D eigenvalue weighted by molar-refractivity contribution is 6.06. The van der Waals surface area contributed by atoms with Crippen LogP contribution in [0.2, 0.25) is 0 Å². The summed E-state index contributed by atoms with van der Waals surface area (Å²) in [6.07, 6.45) is 2.58. The molecule has 48 heavy (non-hydrogen) atoms. The number of benzene rings is 3. The van der Waals surface area contributed by atoms with Crippen LogP contribution >= 0.6 is 0 Å². The van der Waals surface area contributed by atoms with Gasteiger partial charge < -0.3 is 33.3 Å². The molecular weight excluding hydrogens is 610 g/mol. The number of amides is 3. The molecule has 1 aromatic heterocycles. The van der Waals surface area contributed by atoms with Crippen LogP contribution in [-0.4, -0.2) is 74.4 Å². The van der Waals surface area contributed by atoms with E-state index in [0.29, 0.717) is 49.7 Å². The molecule has 0 radical (unpaired) electrons. The molecule has 1 aliphatic carbocycles. The van der Waals surface area contributed by atoms with Crippen LogP contribution in [0, 0.1) is 5.92 Å². The summed E-state index contributed by atoms with van der Waals surface area (Å²) in [6.45, 7) is 7.21. The van der Waals surface area contributed by atoms with E-state index >= 15 is 4.79 Å². The number of piperidine rings is 1. The Bertz CT molecular complexity index is 1860. The lowest BCUT2D eigenvalue weighted by atomic mass is 9.79. The maximum Gasteiger partial charge on any atom is 0.410 e. The van der Waals surface area contributed by atoms with Crippen LogP contribution in [0.25, 0.3) is 21.9 Å². The smallest absolute Gasteiger partial charge is 0.410 e. The average molecular weight is 654 g/mol. The summed E-state index contributed by atoms with van der Waals surface area (Å²) in [5.74, 6) is -0.327.